The van der Waals surface area contributed by atoms with Crippen molar-refractivity contribution < 1.29 is 4.79 Å². The smallest absolute Gasteiger partial charge is 0.254 e. The van der Waals surface area contributed by atoms with Crippen molar-refractivity contribution in [1.82, 2.24) is 14.5 Å². The molecule has 24 heavy (non-hydrogen) atoms. The highest BCUT2D eigenvalue weighted by Gasteiger charge is 2.24. The van der Waals surface area contributed by atoms with Crippen LogP contribution in [0.5, 0.6) is 0 Å². The van der Waals surface area contributed by atoms with Gasteiger partial charge in [-0.05, 0) is 24.1 Å². The lowest BCUT2D eigenvalue weighted by molar-refractivity contribution is 0.0708. The predicted octanol–water partition coefficient (Wildman–Crippen LogP) is 3.51. The quantitative estimate of drug-likeness (QED) is 0.725. The fourth-order valence-corrected chi connectivity index (χ4v) is 3.28. The molecule has 4 heteroatoms. The van der Waals surface area contributed by atoms with E-state index in [1.165, 1.54) is 0 Å². The maximum absolute atomic E-state index is 13.1. The molecule has 4 nitrogen and oxygen atoms in total. The summed E-state index contributed by atoms with van der Waals surface area (Å²) in [6.07, 6.45) is 2.05. The van der Waals surface area contributed by atoms with Crippen LogP contribution in [0.25, 0.3) is 11.1 Å². The molecule has 0 spiro atoms. The predicted molar refractivity (Wildman–Crippen MR) is 93.6 cm³/mol. The summed E-state index contributed by atoms with van der Waals surface area (Å²) in [5.41, 5.74) is 3.80. The number of nitrogens with zero attached hydrogens (tertiary/aromatic N) is 3. The largest absolute Gasteiger partial charge is 0.331 e. The second-order valence-electron chi connectivity index (χ2n) is 6.13. The average Bonchev–Trinajstić information content (AvgIpc) is 3.01. The molecule has 0 bridgehead atoms. The van der Waals surface area contributed by atoms with Gasteiger partial charge in [0.2, 0.25) is 0 Å². The topological polar surface area (TPSA) is 38.1 Å². The van der Waals surface area contributed by atoms with E-state index in [1.54, 1.807) is 0 Å². The number of hydrogen-bond acceptors (Lipinski definition) is 2. The first kappa shape index (κ1) is 14.7. The molecule has 0 aliphatic carbocycles. The maximum Gasteiger partial charge on any atom is 0.254 e. The Morgan fingerprint density at radius 2 is 1.75 bits per heavy atom. The molecule has 0 saturated carbocycles. The van der Waals surface area contributed by atoms with Crippen LogP contribution in [0.3, 0.4) is 0 Å². The molecule has 0 N–H and O–H groups in total. The van der Waals surface area contributed by atoms with Gasteiger partial charge >= 0.3 is 0 Å². The number of aryl methyl sites for hydroxylation is 1. The van der Waals surface area contributed by atoms with E-state index in [2.05, 4.69) is 15.7 Å². The van der Waals surface area contributed by atoms with Crippen LogP contribution in [0.1, 0.15) is 21.9 Å². The third kappa shape index (κ3) is 2.60. The SMILES string of the molecule is Cc1cn2c(n1)CN(C(=O)c1ccccc1-c1ccccc1)CC2. The van der Waals surface area contributed by atoms with Gasteiger partial charge in [0.05, 0.1) is 12.2 Å². The van der Waals surface area contributed by atoms with Crippen LogP contribution in [0.15, 0.2) is 60.8 Å². The molecule has 0 radical (unpaired) electrons. The summed E-state index contributed by atoms with van der Waals surface area (Å²) < 4.78 is 2.14. The van der Waals surface area contributed by atoms with Crippen molar-refractivity contribution in [2.45, 2.75) is 20.0 Å². The highest BCUT2D eigenvalue weighted by molar-refractivity contribution is 6.00. The molecule has 4 rings (SSSR count). The summed E-state index contributed by atoms with van der Waals surface area (Å²) in [6.45, 7) is 4.07. The summed E-state index contributed by atoms with van der Waals surface area (Å²) >= 11 is 0. The molecule has 1 aliphatic rings. The van der Waals surface area contributed by atoms with Crippen LogP contribution < -0.4 is 0 Å². The first-order valence-electron chi connectivity index (χ1n) is 8.19. The standard InChI is InChI=1S/C20H19N3O/c1-15-13-22-11-12-23(14-19(22)21-15)20(24)18-10-6-5-9-17(18)16-7-3-2-4-8-16/h2-10,13H,11-12,14H2,1H3. The van der Waals surface area contributed by atoms with Gasteiger partial charge in [0.15, 0.2) is 0 Å². The molecule has 1 amide bonds. The number of carbonyl (C=O) groups is 1. The summed E-state index contributed by atoms with van der Waals surface area (Å²) in [6, 6.07) is 17.9. The van der Waals surface area contributed by atoms with Gasteiger partial charge in [-0.2, -0.15) is 0 Å². The molecule has 0 atom stereocenters. The Labute approximate surface area is 141 Å². The van der Waals surface area contributed by atoms with Gasteiger partial charge in [0, 0.05) is 24.8 Å². The summed E-state index contributed by atoms with van der Waals surface area (Å²) in [5, 5.41) is 0. The van der Waals surface area contributed by atoms with Crippen molar-refractivity contribution in [3.8, 4) is 11.1 Å². The van der Waals surface area contributed by atoms with Gasteiger partial charge in [-0.3, -0.25) is 4.79 Å². The van der Waals surface area contributed by atoms with Crippen LogP contribution in [0, 0.1) is 6.92 Å². The summed E-state index contributed by atoms with van der Waals surface area (Å²) in [5.74, 6) is 1.03. The zero-order chi connectivity index (χ0) is 16.5. The lowest BCUT2D eigenvalue weighted by Crippen LogP contribution is -2.38. The van der Waals surface area contributed by atoms with Crippen molar-refractivity contribution in [3.63, 3.8) is 0 Å². The van der Waals surface area contributed by atoms with E-state index in [0.29, 0.717) is 13.1 Å². The Morgan fingerprint density at radius 3 is 2.58 bits per heavy atom. The van der Waals surface area contributed by atoms with Crippen LogP contribution in [-0.4, -0.2) is 26.9 Å². The normalized spacial score (nSPS) is 13.6. The number of rotatable bonds is 2. The van der Waals surface area contributed by atoms with E-state index in [4.69, 9.17) is 0 Å². The Kier molecular flexibility index (Phi) is 3.65. The molecule has 2 heterocycles. The Hall–Kier alpha value is -2.88. The minimum Gasteiger partial charge on any atom is -0.331 e. The summed E-state index contributed by atoms with van der Waals surface area (Å²) in [4.78, 5) is 19.5. The van der Waals surface area contributed by atoms with Crippen molar-refractivity contribution in [2.24, 2.45) is 0 Å². The van der Waals surface area contributed by atoms with Gasteiger partial charge < -0.3 is 9.47 Å². The van der Waals surface area contributed by atoms with Crippen molar-refractivity contribution in [2.75, 3.05) is 6.54 Å². The molecule has 1 aliphatic heterocycles. The van der Waals surface area contributed by atoms with E-state index in [9.17, 15) is 4.79 Å². The first-order valence-corrected chi connectivity index (χ1v) is 8.19. The molecule has 3 aromatic rings. The number of carbonyl (C=O) groups excluding carboxylic acids is 1. The monoisotopic (exact) mass is 317 g/mol. The lowest BCUT2D eigenvalue weighted by atomic mass is 9.99. The third-order valence-electron chi connectivity index (χ3n) is 4.45. The van der Waals surface area contributed by atoms with Gasteiger partial charge in [-0.1, -0.05) is 48.5 Å². The van der Waals surface area contributed by atoms with Crippen LogP contribution in [0.2, 0.25) is 0 Å². The van der Waals surface area contributed by atoms with Crippen molar-refractivity contribution in [3.05, 3.63) is 77.9 Å². The third-order valence-corrected chi connectivity index (χ3v) is 4.45. The van der Waals surface area contributed by atoms with E-state index < -0.39 is 0 Å². The molecule has 0 fully saturated rings. The zero-order valence-electron chi connectivity index (χ0n) is 13.6. The number of fused-ring (bicyclic) bond motifs is 1. The number of benzene rings is 2. The minimum atomic E-state index is 0.0707. The molecular weight excluding hydrogens is 298 g/mol. The fourth-order valence-electron chi connectivity index (χ4n) is 3.28. The highest BCUT2D eigenvalue weighted by Crippen LogP contribution is 2.25. The zero-order valence-corrected chi connectivity index (χ0v) is 13.6. The number of imidazole rings is 1. The summed E-state index contributed by atoms with van der Waals surface area (Å²) in [7, 11) is 0. The molecule has 1 aromatic heterocycles. The van der Waals surface area contributed by atoms with E-state index >= 15 is 0 Å². The van der Waals surface area contributed by atoms with E-state index in [-0.39, 0.29) is 5.91 Å². The van der Waals surface area contributed by atoms with Crippen molar-refractivity contribution in [1.29, 1.82) is 0 Å². The first-order chi connectivity index (χ1) is 11.7. The molecule has 0 saturated heterocycles. The maximum atomic E-state index is 13.1. The Bertz CT molecular complexity index is 883. The molecule has 2 aromatic carbocycles. The van der Waals surface area contributed by atoms with E-state index in [0.717, 1.165) is 34.8 Å². The van der Waals surface area contributed by atoms with Crippen molar-refractivity contribution >= 4 is 5.91 Å². The molecule has 0 unspecified atom stereocenters. The van der Waals surface area contributed by atoms with Gasteiger partial charge in [-0.25, -0.2) is 4.98 Å². The highest BCUT2D eigenvalue weighted by atomic mass is 16.2. The Morgan fingerprint density at radius 1 is 1.00 bits per heavy atom. The second kappa shape index (κ2) is 5.96. The van der Waals surface area contributed by atoms with E-state index in [1.807, 2.05) is 66.4 Å². The number of amides is 1. The average molecular weight is 317 g/mol. The minimum absolute atomic E-state index is 0.0707. The fraction of sp³-hybridized carbons (Fsp3) is 0.200. The van der Waals surface area contributed by atoms with Crippen LogP contribution in [-0.2, 0) is 13.1 Å². The second-order valence-corrected chi connectivity index (χ2v) is 6.13. The van der Waals surface area contributed by atoms with Crippen LogP contribution >= 0.6 is 0 Å². The van der Waals surface area contributed by atoms with Gasteiger partial charge in [0.1, 0.15) is 5.82 Å². The van der Waals surface area contributed by atoms with Crippen LogP contribution in [0.4, 0.5) is 0 Å². The number of aromatic nitrogens is 2. The molecular formula is C20H19N3O. The number of hydrogen-bond donors (Lipinski definition) is 0. The van der Waals surface area contributed by atoms with Gasteiger partial charge in [-0.15, -0.1) is 0 Å². The lowest BCUT2D eigenvalue weighted by Gasteiger charge is -2.28. The molecule has 120 valence electrons. The van der Waals surface area contributed by atoms with Gasteiger partial charge in [0.25, 0.3) is 5.91 Å². The Balaban J connectivity index is 1.66.